The third-order valence-electron chi connectivity index (χ3n) is 4.40. The number of rotatable bonds is 7. The molecule has 0 bridgehead atoms. The average Bonchev–Trinajstić information content (AvgIpc) is 2.71. The van der Waals surface area contributed by atoms with Crippen LogP contribution in [-0.4, -0.2) is 35.2 Å². The summed E-state index contributed by atoms with van der Waals surface area (Å²) in [5.41, 5.74) is 2.84. The van der Waals surface area contributed by atoms with Crippen LogP contribution in [0.15, 0.2) is 82.6 Å². The molecule has 30 heavy (non-hydrogen) atoms. The molecule has 3 aromatic rings. The number of hydrogen-bond acceptors (Lipinski definition) is 5. The highest BCUT2D eigenvalue weighted by atomic mass is 32.2. The Hall–Kier alpha value is -2.88. The molecule has 7 nitrogen and oxygen atoms in total. The van der Waals surface area contributed by atoms with Gasteiger partial charge in [-0.05, 0) is 49.4 Å². The molecule has 2 N–H and O–H groups in total. The largest absolute Gasteiger partial charge is 0.354 e. The van der Waals surface area contributed by atoms with Crippen LogP contribution in [0, 0.1) is 6.92 Å². The summed E-state index contributed by atoms with van der Waals surface area (Å²) in [7, 11) is -4.99. The van der Waals surface area contributed by atoms with Gasteiger partial charge in [-0.15, -0.1) is 0 Å². The highest BCUT2D eigenvalue weighted by molar-refractivity contribution is 7.93. The van der Waals surface area contributed by atoms with Crippen LogP contribution in [0.25, 0.3) is 0 Å². The van der Waals surface area contributed by atoms with Gasteiger partial charge in [0.1, 0.15) is 0 Å². The van der Waals surface area contributed by atoms with Crippen molar-refractivity contribution in [2.24, 2.45) is 0 Å². The molecule has 3 aromatic carbocycles. The molecule has 9 heteroatoms. The van der Waals surface area contributed by atoms with Crippen molar-refractivity contribution in [3.63, 3.8) is 0 Å². The first-order valence-electron chi connectivity index (χ1n) is 9.08. The van der Waals surface area contributed by atoms with E-state index in [4.69, 9.17) is 0 Å². The van der Waals surface area contributed by atoms with Crippen LogP contribution in [-0.2, 0) is 20.0 Å². The standard InChI is InChI=1S/C21H23N3O4S2/c1-16-11-13-17(14-12-16)22-20-9-4-5-10-21(20)23-29(25,26)18-7-6-8-19(15-18)30(27,28)24(2)3/h4-15,22-23H,1-3H3. The third-order valence-corrected chi connectivity index (χ3v) is 7.57. The topological polar surface area (TPSA) is 95.6 Å². The molecule has 0 aromatic heterocycles. The minimum Gasteiger partial charge on any atom is -0.354 e. The minimum absolute atomic E-state index is 0.0959. The Balaban J connectivity index is 1.92. The lowest BCUT2D eigenvalue weighted by molar-refractivity contribution is 0.520. The molecule has 0 unspecified atom stereocenters. The summed E-state index contributed by atoms with van der Waals surface area (Å²) >= 11 is 0. The van der Waals surface area contributed by atoms with Crippen LogP contribution in [0.2, 0.25) is 0 Å². The molecular formula is C21H23N3O4S2. The van der Waals surface area contributed by atoms with Crippen LogP contribution in [0.1, 0.15) is 5.56 Å². The Kier molecular flexibility index (Phi) is 6.16. The summed E-state index contributed by atoms with van der Waals surface area (Å²) in [4.78, 5) is -0.239. The van der Waals surface area contributed by atoms with Gasteiger partial charge < -0.3 is 5.32 Å². The Morgan fingerprint density at radius 1 is 0.733 bits per heavy atom. The fourth-order valence-corrected chi connectivity index (χ4v) is 4.84. The Bertz CT molecular complexity index is 1250. The first kappa shape index (κ1) is 21.8. The lowest BCUT2D eigenvalue weighted by Crippen LogP contribution is -2.22. The van der Waals surface area contributed by atoms with Crippen molar-refractivity contribution in [1.29, 1.82) is 0 Å². The first-order valence-corrected chi connectivity index (χ1v) is 12.0. The van der Waals surface area contributed by atoms with Gasteiger partial charge in [0.25, 0.3) is 10.0 Å². The Morgan fingerprint density at radius 2 is 1.33 bits per heavy atom. The number of nitrogens with one attached hydrogen (secondary N) is 2. The zero-order valence-electron chi connectivity index (χ0n) is 16.8. The quantitative estimate of drug-likeness (QED) is 0.577. The van der Waals surface area contributed by atoms with E-state index in [0.29, 0.717) is 11.4 Å². The second-order valence-electron chi connectivity index (χ2n) is 6.90. The molecule has 0 spiro atoms. The monoisotopic (exact) mass is 445 g/mol. The lowest BCUT2D eigenvalue weighted by atomic mass is 10.2. The summed E-state index contributed by atoms with van der Waals surface area (Å²) in [5.74, 6) is 0. The molecule has 0 radical (unpaired) electrons. The van der Waals surface area contributed by atoms with Gasteiger partial charge in [-0.1, -0.05) is 35.9 Å². The molecule has 0 fully saturated rings. The van der Waals surface area contributed by atoms with Crippen molar-refractivity contribution in [3.8, 4) is 0 Å². The van der Waals surface area contributed by atoms with Crippen LogP contribution in [0.4, 0.5) is 17.1 Å². The number of hydrogen-bond donors (Lipinski definition) is 2. The zero-order chi connectivity index (χ0) is 21.9. The predicted octanol–water partition coefficient (Wildman–Crippen LogP) is 3.79. The lowest BCUT2D eigenvalue weighted by Gasteiger charge is -2.15. The van der Waals surface area contributed by atoms with Gasteiger partial charge in [-0.25, -0.2) is 21.1 Å². The highest BCUT2D eigenvalue weighted by Gasteiger charge is 2.22. The van der Waals surface area contributed by atoms with E-state index in [-0.39, 0.29) is 9.79 Å². The molecule has 0 atom stereocenters. The summed E-state index contributed by atoms with van der Waals surface area (Å²) in [6.45, 7) is 1.98. The molecule has 0 saturated carbocycles. The SMILES string of the molecule is Cc1ccc(Nc2ccccc2NS(=O)(=O)c2cccc(S(=O)(=O)N(C)C)c2)cc1. The van der Waals surface area contributed by atoms with Gasteiger partial charge in [0, 0.05) is 19.8 Å². The molecule has 0 aliphatic heterocycles. The van der Waals surface area contributed by atoms with Crippen LogP contribution < -0.4 is 10.0 Å². The summed E-state index contributed by atoms with van der Waals surface area (Å²) < 4.78 is 54.2. The van der Waals surface area contributed by atoms with E-state index >= 15 is 0 Å². The van der Waals surface area contributed by atoms with Gasteiger partial charge in [0.2, 0.25) is 10.0 Å². The Morgan fingerprint density at radius 3 is 1.97 bits per heavy atom. The van der Waals surface area contributed by atoms with Crippen molar-refractivity contribution in [3.05, 3.63) is 78.4 Å². The van der Waals surface area contributed by atoms with E-state index in [1.165, 1.54) is 32.3 Å². The van der Waals surface area contributed by atoms with Crippen LogP contribution >= 0.6 is 0 Å². The van der Waals surface area contributed by atoms with Crippen molar-refractivity contribution >= 4 is 37.1 Å². The van der Waals surface area contributed by atoms with Gasteiger partial charge in [-0.2, -0.15) is 0 Å². The number of anilines is 3. The van der Waals surface area contributed by atoms with Crippen LogP contribution in [0.3, 0.4) is 0 Å². The smallest absolute Gasteiger partial charge is 0.262 e. The normalized spacial score (nSPS) is 12.0. The zero-order valence-corrected chi connectivity index (χ0v) is 18.5. The molecule has 0 heterocycles. The summed E-state index contributed by atoms with van der Waals surface area (Å²) in [6, 6.07) is 19.9. The van der Waals surface area contributed by atoms with Crippen molar-refractivity contribution in [2.75, 3.05) is 24.1 Å². The van der Waals surface area contributed by atoms with E-state index in [9.17, 15) is 16.8 Å². The maximum Gasteiger partial charge on any atom is 0.262 e. The van der Waals surface area contributed by atoms with Gasteiger partial charge in [0.05, 0.1) is 21.2 Å². The summed E-state index contributed by atoms with van der Waals surface area (Å²) in [6.07, 6.45) is 0. The number of para-hydroxylation sites is 2. The van der Waals surface area contributed by atoms with Gasteiger partial charge in [0.15, 0.2) is 0 Å². The second kappa shape index (κ2) is 8.47. The van der Waals surface area contributed by atoms with E-state index in [1.54, 1.807) is 24.3 Å². The molecule has 3 rings (SSSR count). The fraction of sp³-hybridized carbons (Fsp3) is 0.143. The van der Waals surface area contributed by atoms with Gasteiger partial charge >= 0.3 is 0 Å². The Labute approximate surface area is 177 Å². The number of aryl methyl sites for hydroxylation is 1. The number of sulfonamides is 2. The van der Waals surface area contributed by atoms with Crippen molar-refractivity contribution < 1.29 is 16.8 Å². The summed E-state index contributed by atoms with van der Waals surface area (Å²) in [5, 5.41) is 3.19. The van der Waals surface area contributed by atoms with E-state index in [2.05, 4.69) is 10.0 Å². The maximum atomic E-state index is 13.0. The van der Waals surface area contributed by atoms with Crippen LogP contribution in [0.5, 0.6) is 0 Å². The highest BCUT2D eigenvalue weighted by Crippen LogP contribution is 2.28. The van der Waals surface area contributed by atoms with Gasteiger partial charge in [-0.3, -0.25) is 4.72 Å². The molecule has 0 amide bonds. The van der Waals surface area contributed by atoms with E-state index in [0.717, 1.165) is 21.6 Å². The second-order valence-corrected chi connectivity index (χ2v) is 10.7. The van der Waals surface area contributed by atoms with Crippen molar-refractivity contribution in [1.82, 2.24) is 4.31 Å². The molecular weight excluding hydrogens is 422 g/mol. The fourth-order valence-electron chi connectivity index (χ4n) is 2.69. The average molecular weight is 446 g/mol. The maximum absolute atomic E-state index is 13.0. The predicted molar refractivity (Wildman–Crippen MR) is 119 cm³/mol. The van der Waals surface area contributed by atoms with E-state index in [1.807, 2.05) is 31.2 Å². The molecule has 0 saturated heterocycles. The number of benzene rings is 3. The first-order chi connectivity index (χ1) is 14.1. The number of nitrogens with zero attached hydrogens (tertiary/aromatic N) is 1. The minimum atomic E-state index is -4.02. The molecule has 0 aliphatic rings. The molecule has 0 aliphatic carbocycles. The van der Waals surface area contributed by atoms with E-state index < -0.39 is 20.0 Å². The third kappa shape index (κ3) is 4.81. The molecule has 158 valence electrons. The van der Waals surface area contributed by atoms with Crippen molar-refractivity contribution in [2.45, 2.75) is 16.7 Å².